The normalized spacial score (nSPS) is 36.1. The van der Waals surface area contributed by atoms with E-state index in [1.807, 2.05) is 13.8 Å². The molecule has 3 saturated carbocycles. The highest BCUT2D eigenvalue weighted by Gasteiger charge is 2.65. The van der Waals surface area contributed by atoms with Gasteiger partial charge in [0, 0.05) is 30.4 Å². The summed E-state index contributed by atoms with van der Waals surface area (Å²) >= 11 is 0. The molecule has 21 heavy (non-hydrogen) atoms. The Kier molecular flexibility index (Phi) is 3.32. The molecule has 0 aliphatic heterocycles. The van der Waals surface area contributed by atoms with E-state index in [1.165, 1.54) is 0 Å². The lowest BCUT2D eigenvalue weighted by Gasteiger charge is -2.36. The third-order valence-electron chi connectivity index (χ3n) is 6.54. The first-order valence-electron chi connectivity index (χ1n) is 7.78. The van der Waals surface area contributed by atoms with Gasteiger partial charge in [-0.05, 0) is 37.0 Å². The molecule has 2 bridgehead atoms. The second-order valence-electron chi connectivity index (χ2n) is 7.91. The van der Waals surface area contributed by atoms with E-state index in [0.717, 1.165) is 19.3 Å². The van der Waals surface area contributed by atoms with E-state index in [4.69, 9.17) is 0 Å². The average molecular weight is 315 g/mol. The fourth-order valence-corrected chi connectivity index (χ4v) is 6.27. The van der Waals surface area contributed by atoms with Crippen molar-refractivity contribution in [3.05, 3.63) is 0 Å². The van der Waals surface area contributed by atoms with Crippen LogP contribution in [0.3, 0.4) is 0 Å². The zero-order valence-corrected chi connectivity index (χ0v) is 13.6. The largest absolute Gasteiger partial charge is 0.396 e. The second-order valence-corrected chi connectivity index (χ2v) is 9.71. The summed E-state index contributed by atoms with van der Waals surface area (Å²) in [5.41, 5.74) is -1.19. The Bertz CT molecular complexity index is 564. The fourth-order valence-electron chi connectivity index (χ4n) is 4.31. The number of hydrogen-bond acceptors (Lipinski definition) is 4. The highest BCUT2D eigenvalue weighted by Crippen LogP contribution is 2.64. The molecule has 0 radical (unpaired) electrons. The van der Waals surface area contributed by atoms with Gasteiger partial charge in [-0.2, -0.15) is 0 Å². The molecule has 0 saturated heterocycles. The molecule has 3 aliphatic carbocycles. The van der Waals surface area contributed by atoms with Gasteiger partial charge in [-0.3, -0.25) is 4.79 Å². The van der Waals surface area contributed by atoms with Crippen LogP contribution in [0.5, 0.6) is 0 Å². The van der Waals surface area contributed by atoms with Gasteiger partial charge in [-0.15, -0.1) is 0 Å². The minimum Gasteiger partial charge on any atom is -0.396 e. The van der Waals surface area contributed by atoms with Gasteiger partial charge in [0.2, 0.25) is 10.0 Å². The van der Waals surface area contributed by atoms with Gasteiger partial charge in [0.15, 0.2) is 0 Å². The van der Waals surface area contributed by atoms with Gasteiger partial charge in [0.05, 0.1) is 5.75 Å². The van der Waals surface area contributed by atoms with Crippen LogP contribution >= 0.6 is 0 Å². The highest BCUT2D eigenvalue weighted by molar-refractivity contribution is 7.89. The number of carbonyl (C=O) groups excluding carboxylic acids is 1. The first-order valence-corrected chi connectivity index (χ1v) is 9.43. The predicted octanol–water partition coefficient (Wildman–Crippen LogP) is 1.07. The molecule has 3 rings (SSSR count). The molecule has 0 heterocycles. The molecule has 0 aromatic rings. The Balaban J connectivity index is 1.74. The number of hydrogen-bond donors (Lipinski definition) is 2. The predicted molar refractivity (Wildman–Crippen MR) is 79.1 cm³/mol. The minimum absolute atomic E-state index is 0.0210. The summed E-state index contributed by atoms with van der Waals surface area (Å²) in [7, 11) is -3.50. The molecular formula is C15H25NO4S. The summed E-state index contributed by atoms with van der Waals surface area (Å²) < 4.78 is 27.5. The third kappa shape index (κ3) is 2.26. The van der Waals surface area contributed by atoms with Crippen molar-refractivity contribution in [2.45, 2.75) is 46.0 Å². The smallest absolute Gasteiger partial charge is 0.212 e. The van der Waals surface area contributed by atoms with Crippen LogP contribution in [0.25, 0.3) is 0 Å². The first-order chi connectivity index (χ1) is 9.66. The number of aliphatic hydroxyl groups is 1. The maximum absolute atomic E-state index is 12.4. The summed E-state index contributed by atoms with van der Waals surface area (Å²) in [5.74, 6) is 0.356. The van der Waals surface area contributed by atoms with Crippen LogP contribution in [0.2, 0.25) is 0 Å². The van der Waals surface area contributed by atoms with Gasteiger partial charge < -0.3 is 5.11 Å². The van der Waals surface area contributed by atoms with Crippen LogP contribution < -0.4 is 4.72 Å². The maximum Gasteiger partial charge on any atom is 0.212 e. The highest BCUT2D eigenvalue weighted by atomic mass is 32.2. The van der Waals surface area contributed by atoms with Crippen molar-refractivity contribution in [3.8, 4) is 0 Å². The minimum atomic E-state index is -3.50. The number of ketones is 1. The monoisotopic (exact) mass is 315 g/mol. The Morgan fingerprint density at radius 1 is 1.29 bits per heavy atom. The Morgan fingerprint density at radius 3 is 2.38 bits per heavy atom. The molecule has 2 N–H and O–H groups in total. The fraction of sp³-hybridized carbons (Fsp3) is 0.933. The SMILES string of the molecule is CC1(C)[C@H]2CC[C@@]1(CS(=O)(=O)NCC1(CO)CC1)C(=O)C2. The van der Waals surface area contributed by atoms with Crippen molar-refractivity contribution in [1.29, 1.82) is 0 Å². The molecule has 2 atom stereocenters. The molecule has 0 aromatic heterocycles. The lowest BCUT2D eigenvalue weighted by molar-refractivity contribution is -0.128. The Hall–Kier alpha value is -0.460. The van der Waals surface area contributed by atoms with Gasteiger partial charge in [-0.25, -0.2) is 13.1 Å². The maximum atomic E-state index is 12.4. The van der Waals surface area contributed by atoms with E-state index < -0.39 is 15.4 Å². The zero-order valence-electron chi connectivity index (χ0n) is 12.8. The van der Waals surface area contributed by atoms with Gasteiger partial charge >= 0.3 is 0 Å². The van der Waals surface area contributed by atoms with Crippen molar-refractivity contribution in [1.82, 2.24) is 4.72 Å². The van der Waals surface area contributed by atoms with Crippen molar-refractivity contribution in [2.24, 2.45) is 22.2 Å². The molecule has 6 heteroatoms. The second kappa shape index (κ2) is 4.52. The molecule has 120 valence electrons. The topological polar surface area (TPSA) is 83.5 Å². The zero-order chi connectivity index (χ0) is 15.5. The Morgan fingerprint density at radius 2 is 1.95 bits per heavy atom. The number of aliphatic hydroxyl groups excluding tert-OH is 1. The molecule has 3 aliphatic rings. The molecule has 3 fully saturated rings. The van der Waals surface area contributed by atoms with Gasteiger partial charge in [-0.1, -0.05) is 13.8 Å². The summed E-state index contributed by atoms with van der Waals surface area (Å²) in [5, 5.41) is 9.28. The number of rotatable bonds is 6. The summed E-state index contributed by atoms with van der Waals surface area (Å²) in [6.07, 6.45) is 3.90. The van der Waals surface area contributed by atoms with Crippen molar-refractivity contribution >= 4 is 15.8 Å². The van der Waals surface area contributed by atoms with Crippen molar-refractivity contribution in [2.75, 3.05) is 18.9 Å². The van der Waals surface area contributed by atoms with Crippen LogP contribution in [0.1, 0.15) is 46.0 Å². The number of sulfonamides is 1. The molecule has 5 nitrogen and oxygen atoms in total. The number of carbonyl (C=O) groups is 1. The number of Topliss-reactive ketones (excluding diaryl/α,β-unsaturated/α-hetero) is 1. The standard InChI is InChI=1S/C15H25NO4S/c1-13(2)11-3-4-15(13,12(18)7-11)10-21(19,20)16-8-14(9-17)5-6-14/h11,16-17H,3-10H2,1-2H3/t11-,15+/m0/s1. The van der Waals surface area contributed by atoms with E-state index in [0.29, 0.717) is 25.3 Å². The quantitative estimate of drug-likeness (QED) is 0.768. The summed E-state index contributed by atoms with van der Waals surface area (Å²) in [6.45, 7) is 4.40. The average Bonchev–Trinajstić information content (AvgIpc) is 3.11. The molecule has 0 aromatic carbocycles. The van der Waals surface area contributed by atoms with Crippen LogP contribution in [-0.4, -0.2) is 38.2 Å². The van der Waals surface area contributed by atoms with E-state index >= 15 is 0 Å². The van der Waals surface area contributed by atoms with Crippen molar-refractivity contribution in [3.63, 3.8) is 0 Å². The van der Waals surface area contributed by atoms with Crippen LogP contribution in [-0.2, 0) is 14.8 Å². The lowest BCUT2D eigenvalue weighted by Crippen LogP contribution is -2.46. The lowest BCUT2D eigenvalue weighted by atomic mass is 9.70. The molecule has 0 spiro atoms. The van der Waals surface area contributed by atoms with Crippen LogP contribution in [0.4, 0.5) is 0 Å². The first kappa shape index (κ1) is 15.4. The van der Waals surface area contributed by atoms with Crippen LogP contribution in [0.15, 0.2) is 0 Å². The van der Waals surface area contributed by atoms with E-state index in [1.54, 1.807) is 0 Å². The third-order valence-corrected chi connectivity index (χ3v) is 7.99. The number of fused-ring (bicyclic) bond motifs is 2. The van der Waals surface area contributed by atoms with E-state index in [-0.39, 0.29) is 29.0 Å². The van der Waals surface area contributed by atoms with Crippen LogP contribution in [0, 0.1) is 22.2 Å². The summed E-state index contributed by atoms with van der Waals surface area (Å²) in [4.78, 5) is 12.4. The van der Waals surface area contributed by atoms with Gasteiger partial charge in [0.1, 0.15) is 5.78 Å². The van der Waals surface area contributed by atoms with E-state index in [2.05, 4.69) is 4.72 Å². The Labute approximate surface area is 126 Å². The van der Waals surface area contributed by atoms with E-state index in [9.17, 15) is 18.3 Å². The molecule has 0 amide bonds. The van der Waals surface area contributed by atoms with Gasteiger partial charge in [0.25, 0.3) is 0 Å². The molecular weight excluding hydrogens is 290 g/mol. The van der Waals surface area contributed by atoms with Crippen molar-refractivity contribution < 1.29 is 18.3 Å². The molecule has 0 unspecified atom stereocenters. The summed E-state index contributed by atoms with van der Waals surface area (Å²) in [6, 6.07) is 0. The number of nitrogens with one attached hydrogen (secondary N) is 1.